The average molecular weight is 293 g/mol. The molecule has 110 valence electrons. The van der Waals surface area contributed by atoms with Crippen molar-refractivity contribution in [3.63, 3.8) is 0 Å². The number of hydrogen-bond acceptors (Lipinski definition) is 4. The smallest absolute Gasteiger partial charge is 0.257 e. The van der Waals surface area contributed by atoms with Crippen LogP contribution in [0.25, 0.3) is 5.69 Å². The molecule has 0 spiro atoms. The molecule has 0 aliphatic rings. The molecule has 0 aliphatic heterocycles. The third-order valence-corrected chi connectivity index (χ3v) is 3.36. The van der Waals surface area contributed by atoms with Crippen molar-refractivity contribution in [1.82, 2.24) is 20.2 Å². The van der Waals surface area contributed by atoms with Crippen LogP contribution in [0.4, 0.5) is 5.69 Å². The zero-order valence-corrected chi connectivity index (χ0v) is 12.1. The predicted molar refractivity (Wildman–Crippen MR) is 82.9 cm³/mol. The van der Waals surface area contributed by atoms with Gasteiger partial charge in [-0.05, 0) is 46.7 Å². The summed E-state index contributed by atoms with van der Waals surface area (Å²) < 4.78 is 1.47. The number of nitrogens with one attached hydrogen (secondary N) is 1. The van der Waals surface area contributed by atoms with Crippen LogP contribution in [-0.2, 0) is 6.42 Å². The van der Waals surface area contributed by atoms with E-state index in [2.05, 4.69) is 27.8 Å². The van der Waals surface area contributed by atoms with Crippen molar-refractivity contribution in [3.05, 3.63) is 66.0 Å². The highest BCUT2D eigenvalue weighted by Gasteiger charge is 2.13. The molecular weight excluding hydrogens is 278 g/mol. The van der Waals surface area contributed by atoms with Gasteiger partial charge in [0, 0.05) is 5.69 Å². The van der Waals surface area contributed by atoms with Gasteiger partial charge in [0.1, 0.15) is 6.33 Å². The summed E-state index contributed by atoms with van der Waals surface area (Å²) in [7, 11) is 0. The summed E-state index contributed by atoms with van der Waals surface area (Å²) in [5, 5.41) is 13.9. The Morgan fingerprint density at radius 3 is 2.59 bits per heavy atom. The lowest BCUT2D eigenvalue weighted by molar-refractivity contribution is 0.102. The third-order valence-electron chi connectivity index (χ3n) is 3.36. The van der Waals surface area contributed by atoms with E-state index in [9.17, 15) is 4.79 Å². The summed E-state index contributed by atoms with van der Waals surface area (Å²) in [5.74, 6) is -0.199. The monoisotopic (exact) mass is 293 g/mol. The summed E-state index contributed by atoms with van der Waals surface area (Å²) in [4.78, 5) is 12.5. The maximum atomic E-state index is 12.5. The van der Waals surface area contributed by atoms with Gasteiger partial charge >= 0.3 is 0 Å². The lowest BCUT2D eigenvalue weighted by Gasteiger charge is -2.09. The molecule has 6 heteroatoms. The van der Waals surface area contributed by atoms with Crippen LogP contribution in [-0.4, -0.2) is 26.1 Å². The fraction of sp³-hybridized carbons (Fsp3) is 0.125. The molecule has 1 heterocycles. The van der Waals surface area contributed by atoms with Crippen LogP contribution >= 0.6 is 0 Å². The summed E-state index contributed by atoms with van der Waals surface area (Å²) in [6.07, 6.45) is 2.43. The van der Waals surface area contributed by atoms with Crippen LogP contribution in [0.5, 0.6) is 0 Å². The number of anilines is 1. The summed E-state index contributed by atoms with van der Waals surface area (Å²) >= 11 is 0. The molecule has 0 atom stereocenters. The molecule has 6 nitrogen and oxygen atoms in total. The van der Waals surface area contributed by atoms with Gasteiger partial charge in [-0.2, -0.15) is 4.68 Å². The SMILES string of the molecule is CCc1ccc(NC(=O)c2ccccc2-n2cnnn2)cc1. The van der Waals surface area contributed by atoms with Gasteiger partial charge in [0.25, 0.3) is 5.91 Å². The molecule has 2 aromatic carbocycles. The largest absolute Gasteiger partial charge is 0.322 e. The first-order chi connectivity index (χ1) is 10.8. The standard InChI is InChI=1S/C16H15N5O/c1-2-12-7-9-13(10-8-12)18-16(22)14-5-3-4-6-15(14)21-11-17-19-20-21/h3-11H,2H2,1H3,(H,18,22). The van der Waals surface area contributed by atoms with Gasteiger partial charge in [-0.25, -0.2) is 0 Å². The summed E-state index contributed by atoms with van der Waals surface area (Å²) in [6.45, 7) is 2.09. The van der Waals surface area contributed by atoms with E-state index in [1.165, 1.54) is 16.6 Å². The Morgan fingerprint density at radius 1 is 1.14 bits per heavy atom. The minimum atomic E-state index is -0.199. The minimum Gasteiger partial charge on any atom is -0.322 e. The Morgan fingerprint density at radius 2 is 1.91 bits per heavy atom. The van der Waals surface area contributed by atoms with Gasteiger partial charge in [-0.15, -0.1) is 5.10 Å². The number of aromatic nitrogens is 4. The highest BCUT2D eigenvalue weighted by atomic mass is 16.1. The molecule has 0 radical (unpaired) electrons. The zero-order valence-electron chi connectivity index (χ0n) is 12.1. The van der Waals surface area contributed by atoms with Gasteiger partial charge in [0.15, 0.2) is 0 Å². The Kier molecular flexibility index (Phi) is 3.91. The molecule has 0 saturated carbocycles. The zero-order chi connectivity index (χ0) is 15.4. The number of aryl methyl sites for hydroxylation is 1. The summed E-state index contributed by atoms with van der Waals surface area (Å²) in [5.41, 5.74) is 3.13. The first kappa shape index (κ1) is 13.9. The minimum absolute atomic E-state index is 0.199. The van der Waals surface area contributed by atoms with Crippen molar-refractivity contribution in [2.75, 3.05) is 5.32 Å². The number of para-hydroxylation sites is 1. The molecule has 1 N–H and O–H groups in total. The van der Waals surface area contributed by atoms with Crippen LogP contribution in [0.15, 0.2) is 54.9 Å². The molecule has 1 amide bonds. The number of carbonyl (C=O) groups is 1. The Balaban J connectivity index is 1.86. The van der Waals surface area contributed by atoms with Crippen LogP contribution < -0.4 is 5.32 Å². The fourth-order valence-electron chi connectivity index (χ4n) is 2.16. The molecular formula is C16H15N5O. The number of carbonyl (C=O) groups excluding carboxylic acids is 1. The van der Waals surface area contributed by atoms with Crippen LogP contribution in [0.2, 0.25) is 0 Å². The van der Waals surface area contributed by atoms with E-state index in [0.29, 0.717) is 11.3 Å². The Labute approximate surface area is 127 Å². The van der Waals surface area contributed by atoms with Gasteiger partial charge in [-0.1, -0.05) is 31.2 Å². The van der Waals surface area contributed by atoms with Gasteiger partial charge in [0.2, 0.25) is 0 Å². The molecule has 0 unspecified atom stereocenters. The second kappa shape index (κ2) is 6.17. The Hall–Kier alpha value is -3.02. The first-order valence-electron chi connectivity index (χ1n) is 7.00. The second-order valence-corrected chi connectivity index (χ2v) is 4.78. The molecule has 3 rings (SSSR count). The van der Waals surface area contributed by atoms with E-state index in [-0.39, 0.29) is 5.91 Å². The molecule has 0 saturated heterocycles. The van der Waals surface area contributed by atoms with Gasteiger partial charge in [0.05, 0.1) is 11.3 Å². The van der Waals surface area contributed by atoms with E-state index in [0.717, 1.165) is 12.1 Å². The van der Waals surface area contributed by atoms with Crippen molar-refractivity contribution >= 4 is 11.6 Å². The molecule has 0 bridgehead atoms. The van der Waals surface area contributed by atoms with Crippen molar-refractivity contribution in [3.8, 4) is 5.69 Å². The molecule has 0 fully saturated rings. The quantitative estimate of drug-likeness (QED) is 0.802. The van der Waals surface area contributed by atoms with Crippen molar-refractivity contribution in [1.29, 1.82) is 0 Å². The van der Waals surface area contributed by atoms with Gasteiger partial charge in [-0.3, -0.25) is 4.79 Å². The number of nitrogens with zero attached hydrogens (tertiary/aromatic N) is 4. The van der Waals surface area contributed by atoms with E-state index >= 15 is 0 Å². The average Bonchev–Trinajstić information content (AvgIpc) is 3.10. The molecule has 1 aromatic heterocycles. The van der Waals surface area contributed by atoms with Crippen molar-refractivity contribution in [2.24, 2.45) is 0 Å². The second-order valence-electron chi connectivity index (χ2n) is 4.78. The maximum Gasteiger partial charge on any atom is 0.257 e. The van der Waals surface area contributed by atoms with Crippen LogP contribution in [0.3, 0.4) is 0 Å². The highest BCUT2D eigenvalue weighted by Crippen LogP contribution is 2.16. The molecule has 22 heavy (non-hydrogen) atoms. The normalized spacial score (nSPS) is 10.4. The molecule has 0 aliphatic carbocycles. The first-order valence-corrected chi connectivity index (χ1v) is 7.00. The van der Waals surface area contributed by atoms with Crippen LogP contribution in [0.1, 0.15) is 22.8 Å². The number of amides is 1. The highest BCUT2D eigenvalue weighted by molar-refractivity contribution is 6.06. The van der Waals surface area contributed by atoms with E-state index < -0.39 is 0 Å². The lowest BCUT2D eigenvalue weighted by Crippen LogP contribution is -2.15. The topological polar surface area (TPSA) is 72.7 Å². The number of hydrogen-bond donors (Lipinski definition) is 1. The van der Waals surface area contributed by atoms with Crippen LogP contribution in [0, 0.1) is 0 Å². The Bertz CT molecular complexity index is 765. The number of rotatable bonds is 4. The number of tetrazole rings is 1. The van der Waals surface area contributed by atoms with E-state index in [1.807, 2.05) is 36.4 Å². The van der Waals surface area contributed by atoms with E-state index in [4.69, 9.17) is 0 Å². The predicted octanol–water partition coefficient (Wildman–Crippen LogP) is 2.48. The lowest BCUT2D eigenvalue weighted by atomic mass is 10.1. The number of benzene rings is 2. The van der Waals surface area contributed by atoms with Crippen molar-refractivity contribution < 1.29 is 4.79 Å². The molecule has 3 aromatic rings. The fourth-order valence-corrected chi connectivity index (χ4v) is 2.16. The van der Waals surface area contributed by atoms with E-state index in [1.54, 1.807) is 12.1 Å². The van der Waals surface area contributed by atoms with Crippen molar-refractivity contribution in [2.45, 2.75) is 13.3 Å². The third kappa shape index (κ3) is 2.85. The summed E-state index contributed by atoms with van der Waals surface area (Å²) in [6, 6.07) is 15.0. The van der Waals surface area contributed by atoms with Gasteiger partial charge < -0.3 is 5.32 Å². The maximum absolute atomic E-state index is 12.5.